The van der Waals surface area contributed by atoms with Crippen molar-refractivity contribution in [2.75, 3.05) is 16.7 Å². The van der Waals surface area contributed by atoms with Crippen LogP contribution < -0.4 is 10.5 Å². The van der Waals surface area contributed by atoms with Crippen LogP contribution in [0.4, 0.5) is 11.4 Å². The molecule has 4 rings (SSSR count). The average molecular weight is 491 g/mol. The lowest BCUT2D eigenvalue weighted by Crippen LogP contribution is -2.11. The molecule has 1 aliphatic carbocycles. The highest BCUT2D eigenvalue weighted by atomic mass is 35.5. The Morgan fingerprint density at radius 1 is 1.16 bits per heavy atom. The minimum atomic E-state index is -3.46. The maximum Gasteiger partial charge on any atom is 0.231 e. The van der Waals surface area contributed by atoms with Gasteiger partial charge < -0.3 is 10.2 Å². The number of sulfonamides is 1. The summed E-state index contributed by atoms with van der Waals surface area (Å²) in [6, 6.07) is 11.0. The van der Waals surface area contributed by atoms with Gasteiger partial charge in [0.05, 0.1) is 22.5 Å². The number of allylic oxidation sites excluding steroid dienone is 1. The number of furan rings is 1. The van der Waals surface area contributed by atoms with Gasteiger partial charge in [-0.1, -0.05) is 35.3 Å². The van der Waals surface area contributed by atoms with Crippen molar-refractivity contribution in [3.05, 3.63) is 80.7 Å². The number of fused-ring (bicyclic) bond motifs is 1. The Morgan fingerprint density at radius 3 is 2.59 bits per heavy atom. The number of hydrogen-bond donors (Lipinski definition) is 2. The molecule has 0 saturated carbocycles. The van der Waals surface area contributed by atoms with Crippen LogP contribution in [0.3, 0.4) is 0 Å². The highest BCUT2D eigenvalue weighted by Crippen LogP contribution is 2.38. The van der Waals surface area contributed by atoms with Crippen LogP contribution in [0.25, 0.3) is 11.6 Å². The molecular weight excluding hydrogens is 475 g/mol. The van der Waals surface area contributed by atoms with E-state index in [1.54, 1.807) is 30.3 Å². The van der Waals surface area contributed by atoms with E-state index in [1.807, 2.05) is 0 Å². The molecule has 32 heavy (non-hydrogen) atoms. The maximum absolute atomic E-state index is 13.0. The van der Waals surface area contributed by atoms with Gasteiger partial charge in [0.2, 0.25) is 15.8 Å². The van der Waals surface area contributed by atoms with Gasteiger partial charge in [0.1, 0.15) is 5.76 Å². The number of anilines is 2. The highest BCUT2D eigenvalue weighted by Gasteiger charge is 2.31. The number of carbonyl (C=O) groups is 2. The number of carbonyl (C=O) groups excluding carboxylic acids is 2. The molecule has 164 valence electrons. The zero-order valence-electron chi connectivity index (χ0n) is 16.6. The number of nitrogens with one attached hydrogen (secondary N) is 1. The molecule has 0 bridgehead atoms. The molecule has 3 aromatic rings. The Bertz CT molecular complexity index is 1420. The Hall–Kier alpha value is -3.07. The van der Waals surface area contributed by atoms with Crippen LogP contribution in [0.2, 0.25) is 10.0 Å². The van der Waals surface area contributed by atoms with E-state index in [1.165, 1.54) is 18.2 Å². The van der Waals surface area contributed by atoms with Gasteiger partial charge >= 0.3 is 0 Å². The summed E-state index contributed by atoms with van der Waals surface area (Å²) in [4.78, 5) is 25.8. The highest BCUT2D eigenvalue weighted by molar-refractivity contribution is 7.92. The van der Waals surface area contributed by atoms with Gasteiger partial charge in [-0.05, 0) is 47.5 Å². The predicted octanol–water partition coefficient (Wildman–Crippen LogP) is 4.90. The first-order valence-corrected chi connectivity index (χ1v) is 11.9. The third kappa shape index (κ3) is 4.29. The Balaban J connectivity index is 1.75. The van der Waals surface area contributed by atoms with E-state index in [0.717, 1.165) is 6.26 Å². The van der Waals surface area contributed by atoms with Crippen LogP contribution in [0.1, 0.15) is 44.2 Å². The number of nitrogen functional groups attached to an aromatic ring is 1. The number of rotatable bonds is 5. The zero-order chi connectivity index (χ0) is 23.2. The normalized spacial score (nSPS) is 13.5. The van der Waals surface area contributed by atoms with Crippen LogP contribution in [-0.4, -0.2) is 26.2 Å². The maximum atomic E-state index is 13.0. The van der Waals surface area contributed by atoms with Crippen molar-refractivity contribution < 1.29 is 22.4 Å². The summed E-state index contributed by atoms with van der Waals surface area (Å²) in [5.41, 5.74) is 7.90. The fraction of sp³-hybridized carbons (Fsp3) is 0.0909. The third-order valence-corrected chi connectivity index (χ3v) is 5.98. The first-order valence-electron chi connectivity index (χ1n) is 9.27. The summed E-state index contributed by atoms with van der Waals surface area (Å²) in [7, 11) is -3.46. The molecule has 0 atom stereocenters. The van der Waals surface area contributed by atoms with Crippen molar-refractivity contribution in [1.29, 1.82) is 0 Å². The van der Waals surface area contributed by atoms with Crippen LogP contribution in [0.15, 0.2) is 46.9 Å². The van der Waals surface area contributed by atoms with Crippen molar-refractivity contribution in [3.63, 3.8) is 0 Å². The standard InChI is InChI=1S/C22H16Cl2N2O5S/c1-32(29,30)26-14-4-2-3-11(7-14)12-8-17(27)19-18(9-12)31-22(20(19)25)21(28)15-6-5-13(23)10-16(15)24/h2-7,9-10,26H,8,25H2,1H3. The fourth-order valence-electron chi connectivity index (χ4n) is 3.47. The van der Waals surface area contributed by atoms with Crippen LogP contribution in [0, 0.1) is 0 Å². The molecule has 0 unspecified atom stereocenters. The molecule has 0 spiro atoms. The van der Waals surface area contributed by atoms with E-state index < -0.39 is 15.8 Å². The van der Waals surface area contributed by atoms with Crippen molar-refractivity contribution in [1.82, 2.24) is 0 Å². The Morgan fingerprint density at radius 2 is 1.91 bits per heavy atom. The van der Waals surface area contributed by atoms with E-state index in [9.17, 15) is 18.0 Å². The molecule has 1 heterocycles. The molecule has 0 radical (unpaired) electrons. The molecule has 10 heteroatoms. The predicted molar refractivity (Wildman–Crippen MR) is 125 cm³/mol. The van der Waals surface area contributed by atoms with E-state index >= 15 is 0 Å². The summed E-state index contributed by atoms with van der Waals surface area (Å²) in [5, 5.41) is 0.502. The molecule has 0 amide bonds. The van der Waals surface area contributed by atoms with Crippen LogP contribution in [0.5, 0.6) is 0 Å². The summed E-state index contributed by atoms with van der Waals surface area (Å²) < 4.78 is 31.1. The minimum Gasteiger partial charge on any atom is -0.450 e. The van der Waals surface area contributed by atoms with E-state index in [-0.39, 0.29) is 45.6 Å². The lowest BCUT2D eigenvalue weighted by molar-refractivity contribution is 0.0991. The number of hydrogen-bond acceptors (Lipinski definition) is 6. The van der Waals surface area contributed by atoms with Crippen LogP contribution >= 0.6 is 23.2 Å². The summed E-state index contributed by atoms with van der Waals surface area (Å²) in [6.45, 7) is 0. The van der Waals surface area contributed by atoms with Gasteiger partial charge in [-0.25, -0.2) is 8.42 Å². The molecular formula is C22H16Cl2N2O5S. The molecule has 0 saturated heterocycles. The van der Waals surface area contributed by atoms with E-state index in [0.29, 0.717) is 21.8 Å². The number of ketones is 2. The average Bonchev–Trinajstić information content (AvgIpc) is 3.03. The fourth-order valence-corrected chi connectivity index (χ4v) is 4.52. The van der Waals surface area contributed by atoms with Gasteiger partial charge in [0.15, 0.2) is 11.5 Å². The van der Waals surface area contributed by atoms with Gasteiger partial charge in [0.25, 0.3) is 0 Å². The number of Topliss-reactive ketones (excluding diaryl/α,β-unsaturated/α-hetero) is 1. The lowest BCUT2D eigenvalue weighted by Gasteiger charge is -2.13. The van der Waals surface area contributed by atoms with Crippen molar-refractivity contribution in [2.45, 2.75) is 6.42 Å². The van der Waals surface area contributed by atoms with Crippen molar-refractivity contribution >= 4 is 67.8 Å². The third-order valence-electron chi connectivity index (χ3n) is 4.83. The van der Waals surface area contributed by atoms with Gasteiger partial charge in [-0.2, -0.15) is 0 Å². The zero-order valence-corrected chi connectivity index (χ0v) is 18.9. The largest absolute Gasteiger partial charge is 0.450 e. The number of benzene rings is 2. The van der Waals surface area contributed by atoms with Gasteiger partial charge in [0, 0.05) is 22.7 Å². The van der Waals surface area contributed by atoms with E-state index in [4.69, 9.17) is 33.4 Å². The van der Waals surface area contributed by atoms with Crippen LogP contribution in [-0.2, 0) is 10.0 Å². The van der Waals surface area contributed by atoms with Crippen molar-refractivity contribution in [2.24, 2.45) is 0 Å². The second kappa shape index (κ2) is 8.12. The second-order valence-electron chi connectivity index (χ2n) is 7.26. The Kier molecular flexibility index (Phi) is 5.62. The Labute approximate surface area is 193 Å². The minimum absolute atomic E-state index is 0.00833. The number of nitrogens with two attached hydrogens (primary N) is 1. The van der Waals surface area contributed by atoms with Gasteiger partial charge in [-0.3, -0.25) is 14.3 Å². The SMILES string of the molecule is CS(=O)(=O)Nc1cccc(C2=Cc3oc(C(=O)c4ccc(Cl)cc4Cl)c(N)c3C(=O)C2)c1. The summed E-state index contributed by atoms with van der Waals surface area (Å²) >= 11 is 12.0. The lowest BCUT2D eigenvalue weighted by atomic mass is 9.90. The quantitative estimate of drug-likeness (QED) is 0.490. The molecule has 0 aliphatic heterocycles. The molecule has 1 aliphatic rings. The molecule has 0 fully saturated rings. The monoisotopic (exact) mass is 490 g/mol. The molecule has 1 aromatic heterocycles. The van der Waals surface area contributed by atoms with E-state index in [2.05, 4.69) is 4.72 Å². The smallest absolute Gasteiger partial charge is 0.231 e. The summed E-state index contributed by atoms with van der Waals surface area (Å²) in [6.07, 6.45) is 2.67. The second-order valence-corrected chi connectivity index (χ2v) is 9.85. The van der Waals surface area contributed by atoms with Gasteiger partial charge in [-0.15, -0.1) is 0 Å². The molecule has 7 nitrogen and oxygen atoms in total. The van der Waals surface area contributed by atoms with Crippen molar-refractivity contribution in [3.8, 4) is 0 Å². The number of halogens is 2. The molecule has 2 aromatic carbocycles. The first-order chi connectivity index (χ1) is 15.0. The summed E-state index contributed by atoms with van der Waals surface area (Å²) in [5.74, 6) is -0.914. The first kappa shape index (κ1) is 22.1. The molecule has 3 N–H and O–H groups in total. The topological polar surface area (TPSA) is 119 Å².